The molecule has 3 aliphatic rings. The Morgan fingerprint density at radius 1 is 1.31 bits per heavy atom. The zero-order valence-electron chi connectivity index (χ0n) is 19.2. The van der Waals surface area contributed by atoms with E-state index in [2.05, 4.69) is 44.3 Å². The van der Waals surface area contributed by atoms with Gasteiger partial charge in [-0.15, -0.1) is 0 Å². The predicted octanol–water partition coefficient (Wildman–Crippen LogP) is 1.84. The molecule has 3 N–H and O–H groups in total. The molecule has 5 atom stereocenters. The highest BCUT2D eigenvalue weighted by molar-refractivity contribution is 5.91. The summed E-state index contributed by atoms with van der Waals surface area (Å²) in [6, 6.07) is 5.35. The van der Waals surface area contributed by atoms with Gasteiger partial charge >= 0.3 is 0 Å². The van der Waals surface area contributed by atoms with E-state index in [1.165, 1.54) is 6.92 Å². The maximum atomic E-state index is 13.1. The van der Waals surface area contributed by atoms with Crippen molar-refractivity contribution >= 4 is 17.7 Å². The molecule has 2 fully saturated rings. The second-order valence-corrected chi connectivity index (χ2v) is 9.94. The first kappa shape index (κ1) is 22.6. The van der Waals surface area contributed by atoms with Crippen molar-refractivity contribution in [2.45, 2.75) is 70.8 Å². The molecular formula is C24H33N3O5. The molecule has 1 aromatic rings. The highest BCUT2D eigenvalue weighted by atomic mass is 16.5. The monoisotopic (exact) mass is 443 g/mol. The molecule has 0 unspecified atom stereocenters. The summed E-state index contributed by atoms with van der Waals surface area (Å²) in [5.41, 5.74) is 7.16. The average molecular weight is 444 g/mol. The number of ether oxygens (including phenoxy) is 2. The van der Waals surface area contributed by atoms with E-state index in [0.29, 0.717) is 19.5 Å². The lowest BCUT2D eigenvalue weighted by Crippen LogP contribution is -2.58. The third kappa shape index (κ3) is 4.33. The standard InChI is InChI=1S/C24H33N3O5/c1-13-5-6-16-20(9-13)32-24(3,4)17-10-15-12-27(8-7-19(15)31-22(16)17)23(30)18(11-21(25)29)26-14(2)28/h5-6,9,15,17-19,22H,7-8,10-12H2,1-4H3,(H2,25,29)(H,26,28)/t15-,17+,18-,19+,22-/m1/s1. The number of nitrogens with one attached hydrogen (secondary N) is 1. The number of likely N-dealkylation sites (tertiary alicyclic amines) is 1. The topological polar surface area (TPSA) is 111 Å². The molecule has 1 aromatic carbocycles. The minimum absolute atomic E-state index is 0.0279. The molecule has 0 aliphatic carbocycles. The number of primary amides is 1. The van der Waals surface area contributed by atoms with E-state index in [9.17, 15) is 14.4 Å². The second-order valence-electron chi connectivity index (χ2n) is 9.94. The Balaban J connectivity index is 1.51. The molecule has 8 nitrogen and oxygen atoms in total. The molecule has 2 saturated heterocycles. The molecule has 3 aliphatic heterocycles. The molecule has 0 saturated carbocycles. The van der Waals surface area contributed by atoms with Gasteiger partial charge in [-0.25, -0.2) is 0 Å². The van der Waals surface area contributed by atoms with Gasteiger partial charge in [0.1, 0.15) is 17.4 Å². The molecule has 0 bridgehead atoms. The fraction of sp³-hybridized carbons (Fsp3) is 0.625. The number of benzene rings is 1. The van der Waals surface area contributed by atoms with Gasteiger partial charge in [0.25, 0.3) is 0 Å². The van der Waals surface area contributed by atoms with Crippen molar-refractivity contribution in [1.82, 2.24) is 10.2 Å². The Morgan fingerprint density at radius 2 is 2.06 bits per heavy atom. The summed E-state index contributed by atoms with van der Waals surface area (Å²) in [6.45, 7) is 8.63. The number of aryl methyl sites for hydroxylation is 1. The molecule has 8 heteroatoms. The normalized spacial score (nSPS) is 28.9. The van der Waals surface area contributed by atoms with E-state index in [4.69, 9.17) is 15.2 Å². The first-order chi connectivity index (χ1) is 15.0. The molecule has 3 amide bonds. The van der Waals surface area contributed by atoms with Crippen LogP contribution in [-0.2, 0) is 19.1 Å². The van der Waals surface area contributed by atoms with Crippen molar-refractivity contribution in [3.63, 3.8) is 0 Å². The third-order valence-corrected chi connectivity index (χ3v) is 7.04. The molecular weight excluding hydrogens is 410 g/mol. The van der Waals surface area contributed by atoms with Gasteiger partial charge in [0.15, 0.2) is 0 Å². The summed E-state index contributed by atoms with van der Waals surface area (Å²) in [4.78, 5) is 37.8. The number of amides is 3. The van der Waals surface area contributed by atoms with E-state index in [1.807, 2.05) is 0 Å². The first-order valence-electron chi connectivity index (χ1n) is 11.3. The van der Waals surface area contributed by atoms with E-state index in [0.717, 1.165) is 23.3 Å². The summed E-state index contributed by atoms with van der Waals surface area (Å²) in [6.07, 6.45) is 1.41. The summed E-state index contributed by atoms with van der Waals surface area (Å²) < 4.78 is 13.0. The maximum absolute atomic E-state index is 13.1. The number of carbonyl (C=O) groups is 3. The van der Waals surface area contributed by atoms with Crippen LogP contribution >= 0.6 is 0 Å². The van der Waals surface area contributed by atoms with Crippen molar-refractivity contribution in [3.8, 4) is 5.75 Å². The molecule has 4 rings (SSSR count). The zero-order chi connectivity index (χ0) is 23.2. The Labute approximate surface area is 188 Å². The zero-order valence-corrected chi connectivity index (χ0v) is 19.2. The predicted molar refractivity (Wildman–Crippen MR) is 118 cm³/mol. The molecule has 0 aromatic heterocycles. The molecule has 0 spiro atoms. The van der Waals surface area contributed by atoms with Gasteiger partial charge < -0.3 is 25.4 Å². The fourth-order valence-electron chi connectivity index (χ4n) is 5.48. The number of hydrogen-bond donors (Lipinski definition) is 2. The number of carbonyl (C=O) groups excluding carboxylic acids is 3. The van der Waals surface area contributed by atoms with Gasteiger partial charge in [0.2, 0.25) is 17.7 Å². The number of piperidine rings is 1. The third-order valence-electron chi connectivity index (χ3n) is 7.04. The van der Waals surface area contributed by atoms with Crippen LogP contribution in [-0.4, -0.2) is 53.5 Å². The first-order valence-corrected chi connectivity index (χ1v) is 11.3. The van der Waals surface area contributed by atoms with Crippen LogP contribution in [0.15, 0.2) is 18.2 Å². The van der Waals surface area contributed by atoms with Gasteiger partial charge in [-0.05, 0) is 45.2 Å². The summed E-state index contributed by atoms with van der Waals surface area (Å²) in [5.74, 6) is -0.0308. The van der Waals surface area contributed by atoms with E-state index >= 15 is 0 Å². The van der Waals surface area contributed by atoms with Crippen LogP contribution in [0.5, 0.6) is 5.75 Å². The highest BCUT2D eigenvalue weighted by Gasteiger charge is 2.51. The lowest BCUT2D eigenvalue weighted by Gasteiger charge is -2.53. The lowest BCUT2D eigenvalue weighted by molar-refractivity contribution is -0.189. The van der Waals surface area contributed by atoms with Crippen molar-refractivity contribution in [1.29, 1.82) is 0 Å². The van der Waals surface area contributed by atoms with Crippen molar-refractivity contribution in [2.75, 3.05) is 13.1 Å². The fourth-order valence-corrected chi connectivity index (χ4v) is 5.48. The maximum Gasteiger partial charge on any atom is 0.245 e. The SMILES string of the molecule is CC(=O)N[C@H](CC(N)=O)C(=O)N1CC[C@@H]2O[C@@H]3c4ccc(C)cc4OC(C)(C)[C@H]3C[C@@H]2C1. The molecule has 32 heavy (non-hydrogen) atoms. The van der Waals surface area contributed by atoms with E-state index in [1.54, 1.807) is 4.90 Å². The van der Waals surface area contributed by atoms with Crippen LogP contribution in [0.4, 0.5) is 0 Å². The van der Waals surface area contributed by atoms with Crippen LogP contribution in [0.25, 0.3) is 0 Å². The Hall–Kier alpha value is -2.61. The molecule has 0 radical (unpaired) electrons. The minimum Gasteiger partial charge on any atom is -0.487 e. The van der Waals surface area contributed by atoms with Crippen LogP contribution in [0.1, 0.15) is 57.3 Å². The minimum atomic E-state index is -0.927. The van der Waals surface area contributed by atoms with Crippen molar-refractivity contribution in [2.24, 2.45) is 17.6 Å². The van der Waals surface area contributed by atoms with Gasteiger partial charge in [-0.1, -0.05) is 12.1 Å². The number of rotatable bonds is 4. The molecule has 3 heterocycles. The van der Waals surface area contributed by atoms with Gasteiger partial charge in [0.05, 0.1) is 18.6 Å². The van der Waals surface area contributed by atoms with Crippen molar-refractivity contribution in [3.05, 3.63) is 29.3 Å². The van der Waals surface area contributed by atoms with Crippen LogP contribution in [0.3, 0.4) is 0 Å². The Kier molecular flexibility index (Phi) is 5.92. The highest BCUT2D eigenvalue weighted by Crippen LogP contribution is 2.53. The van der Waals surface area contributed by atoms with Crippen LogP contribution in [0.2, 0.25) is 0 Å². The molecule has 174 valence electrons. The van der Waals surface area contributed by atoms with E-state index in [-0.39, 0.29) is 42.3 Å². The van der Waals surface area contributed by atoms with Crippen LogP contribution in [0, 0.1) is 18.8 Å². The smallest absolute Gasteiger partial charge is 0.245 e. The number of nitrogens with zero attached hydrogens (tertiary/aromatic N) is 1. The van der Waals surface area contributed by atoms with Gasteiger partial charge in [-0.2, -0.15) is 0 Å². The average Bonchev–Trinajstić information content (AvgIpc) is 2.70. The number of hydrogen-bond acceptors (Lipinski definition) is 5. The summed E-state index contributed by atoms with van der Waals surface area (Å²) in [5, 5.41) is 2.57. The number of fused-ring (bicyclic) bond motifs is 4. The Bertz CT molecular complexity index is 914. The Morgan fingerprint density at radius 3 is 2.75 bits per heavy atom. The quantitative estimate of drug-likeness (QED) is 0.738. The van der Waals surface area contributed by atoms with E-state index < -0.39 is 17.6 Å². The largest absolute Gasteiger partial charge is 0.487 e. The van der Waals surface area contributed by atoms with Gasteiger partial charge in [0, 0.05) is 37.4 Å². The lowest BCUT2D eigenvalue weighted by atomic mass is 9.70. The second kappa shape index (κ2) is 8.39. The van der Waals surface area contributed by atoms with Crippen LogP contribution < -0.4 is 15.8 Å². The number of nitrogens with two attached hydrogens (primary N) is 1. The summed E-state index contributed by atoms with van der Waals surface area (Å²) in [7, 11) is 0. The summed E-state index contributed by atoms with van der Waals surface area (Å²) >= 11 is 0. The van der Waals surface area contributed by atoms with Gasteiger partial charge in [-0.3, -0.25) is 14.4 Å². The van der Waals surface area contributed by atoms with Crippen molar-refractivity contribution < 1.29 is 23.9 Å².